The van der Waals surface area contributed by atoms with Gasteiger partial charge in [-0.3, -0.25) is 0 Å². The first-order chi connectivity index (χ1) is 9.61. The van der Waals surface area contributed by atoms with E-state index in [0.29, 0.717) is 27.6 Å². The molecule has 2 aromatic rings. The Balaban J connectivity index is 2.21. The van der Waals surface area contributed by atoms with Gasteiger partial charge >= 0.3 is 5.97 Å². The SMILES string of the molecule is COC(=O)c1c(N)cccc1COc1cccc(Cl)c1. The molecule has 0 heterocycles. The first-order valence-electron chi connectivity index (χ1n) is 5.96. The number of esters is 1. The lowest BCUT2D eigenvalue weighted by Gasteiger charge is -2.12. The zero-order valence-electron chi connectivity index (χ0n) is 10.9. The molecule has 5 heteroatoms. The molecule has 0 atom stereocenters. The number of hydrogen-bond donors (Lipinski definition) is 1. The van der Waals surface area contributed by atoms with Crippen LogP contribution in [0.2, 0.25) is 5.02 Å². The Hall–Kier alpha value is -2.20. The van der Waals surface area contributed by atoms with Crippen LogP contribution < -0.4 is 10.5 Å². The number of benzene rings is 2. The van der Waals surface area contributed by atoms with Crippen molar-refractivity contribution in [2.75, 3.05) is 12.8 Å². The van der Waals surface area contributed by atoms with Crippen molar-refractivity contribution in [3.63, 3.8) is 0 Å². The van der Waals surface area contributed by atoms with Gasteiger partial charge < -0.3 is 15.2 Å². The van der Waals surface area contributed by atoms with Crippen LogP contribution >= 0.6 is 11.6 Å². The summed E-state index contributed by atoms with van der Waals surface area (Å²) in [5.74, 6) is 0.142. The minimum Gasteiger partial charge on any atom is -0.489 e. The quantitative estimate of drug-likeness (QED) is 0.693. The van der Waals surface area contributed by atoms with Crippen LogP contribution in [0.3, 0.4) is 0 Å². The highest BCUT2D eigenvalue weighted by Gasteiger charge is 2.15. The predicted octanol–water partition coefficient (Wildman–Crippen LogP) is 3.29. The minimum atomic E-state index is -0.479. The third-order valence-corrected chi connectivity index (χ3v) is 3.00. The van der Waals surface area contributed by atoms with E-state index in [4.69, 9.17) is 26.8 Å². The Morgan fingerprint density at radius 3 is 2.70 bits per heavy atom. The fourth-order valence-electron chi connectivity index (χ4n) is 1.81. The topological polar surface area (TPSA) is 61.5 Å². The van der Waals surface area contributed by atoms with E-state index in [-0.39, 0.29) is 6.61 Å². The first-order valence-corrected chi connectivity index (χ1v) is 6.33. The molecule has 0 saturated carbocycles. The number of ether oxygens (including phenoxy) is 2. The summed E-state index contributed by atoms with van der Waals surface area (Å²) < 4.78 is 10.3. The molecule has 0 bridgehead atoms. The number of nitrogen functional groups attached to an aromatic ring is 1. The number of halogens is 1. The molecular weight excluding hydrogens is 278 g/mol. The van der Waals surface area contributed by atoms with Crippen LogP contribution in [0.5, 0.6) is 5.75 Å². The highest BCUT2D eigenvalue weighted by molar-refractivity contribution is 6.30. The van der Waals surface area contributed by atoms with Crippen molar-refractivity contribution in [2.24, 2.45) is 0 Å². The summed E-state index contributed by atoms with van der Waals surface area (Å²) in [6, 6.07) is 12.2. The first kappa shape index (κ1) is 14.2. The minimum absolute atomic E-state index is 0.204. The molecule has 0 amide bonds. The van der Waals surface area contributed by atoms with Gasteiger partial charge in [0.1, 0.15) is 12.4 Å². The smallest absolute Gasteiger partial charge is 0.340 e. The highest BCUT2D eigenvalue weighted by atomic mass is 35.5. The zero-order valence-corrected chi connectivity index (χ0v) is 11.7. The molecule has 0 radical (unpaired) electrons. The Morgan fingerprint density at radius 1 is 1.25 bits per heavy atom. The van der Waals surface area contributed by atoms with Gasteiger partial charge in [0.15, 0.2) is 0 Å². The number of anilines is 1. The van der Waals surface area contributed by atoms with Gasteiger partial charge in [-0.05, 0) is 24.3 Å². The van der Waals surface area contributed by atoms with Gasteiger partial charge in [0, 0.05) is 16.3 Å². The van der Waals surface area contributed by atoms with Crippen LogP contribution in [-0.4, -0.2) is 13.1 Å². The lowest BCUT2D eigenvalue weighted by atomic mass is 10.1. The second kappa shape index (κ2) is 6.30. The molecule has 104 valence electrons. The van der Waals surface area contributed by atoms with Crippen molar-refractivity contribution in [1.29, 1.82) is 0 Å². The Kier molecular flexibility index (Phi) is 4.48. The average molecular weight is 292 g/mol. The molecule has 0 aromatic heterocycles. The molecule has 2 N–H and O–H groups in total. The molecule has 0 aliphatic rings. The number of methoxy groups -OCH3 is 1. The van der Waals surface area contributed by atoms with Gasteiger partial charge in [-0.25, -0.2) is 4.79 Å². The normalized spacial score (nSPS) is 10.1. The lowest BCUT2D eigenvalue weighted by molar-refractivity contribution is 0.0599. The summed E-state index contributed by atoms with van der Waals surface area (Å²) in [6.45, 7) is 0.204. The van der Waals surface area contributed by atoms with Gasteiger partial charge in [0.25, 0.3) is 0 Å². The third-order valence-electron chi connectivity index (χ3n) is 2.76. The maximum Gasteiger partial charge on any atom is 0.340 e. The largest absolute Gasteiger partial charge is 0.489 e. The molecule has 0 aliphatic heterocycles. The molecule has 20 heavy (non-hydrogen) atoms. The van der Waals surface area contributed by atoms with Gasteiger partial charge in [0.2, 0.25) is 0 Å². The van der Waals surface area contributed by atoms with Gasteiger partial charge in [-0.1, -0.05) is 29.8 Å². The van der Waals surface area contributed by atoms with Crippen LogP contribution in [-0.2, 0) is 11.3 Å². The van der Waals surface area contributed by atoms with Gasteiger partial charge in [-0.15, -0.1) is 0 Å². The second-order valence-corrected chi connectivity index (χ2v) is 4.56. The molecule has 0 aliphatic carbocycles. The van der Waals surface area contributed by atoms with Crippen molar-refractivity contribution in [3.8, 4) is 5.75 Å². The number of carbonyl (C=O) groups excluding carboxylic acids is 1. The third kappa shape index (κ3) is 3.22. The predicted molar refractivity (Wildman–Crippen MR) is 78.0 cm³/mol. The van der Waals surface area contributed by atoms with E-state index in [1.54, 1.807) is 42.5 Å². The van der Waals surface area contributed by atoms with Gasteiger partial charge in [0.05, 0.1) is 12.7 Å². The number of nitrogens with two attached hydrogens (primary N) is 1. The maximum atomic E-state index is 11.7. The van der Waals surface area contributed by atoms with Crippen LogP contribution in [0.1, 0.15) is 15.9 Å². The fourth-order valence-corrected chi connectivity index (χ4v) is 1.99. The lowest BCUT2D eigenvalue weighted by Crippen LogP contribution is -2.11. The summed E-state index contributed by atoms with van der Waals surface area (Å²) in [4.78, 5) is 11.7. The Labute approximate surface area is 122 Å². The summed E-state index contributed by atoms with van der Waals surface area (Å²) in [7, 11) is 1.32. The Bertz CT molecular complexity index is 628. The number of hydrogen-bond acceptors (Lipinski definition) is 4. The average Bonchev–Trinajstić information content (AvgIpc) is 2.44. The van der Waals surface area contributed by atoms with E-state index in [0.717, 1.165) is 0 Å². The van der Waals surface area contributed by atoms with E-state index >= 15 is 0 Å². The summed E-state index contributed by atoms with van der Waals surface area (Å²) >= 11 is 5.88. The van der Waals surface area contributed by atoms with Crippen LogP contribution in [0, 0.1) is 0 Å². The van der Waals surface area contributed by atoms with E-state index in [9.17, 15) is 4.79 Å². The zero-order chi connectivity index (χ0) is 14.5. The van der Waals surface area contributed by atoms with Crippen molar-refractivity contribution >= 4 is 23.3 Å². The summed E-state index contributed by atoms with van der Waals surface area (Å²) in [6.07, 6.45) is 0. The van der Waals surface area contributed by atoms with E-state index in [1.807, 2.05) is 0 Å². The van der Waals surface area contributed by atoms with Crippen molar-refractivity contribution < 1.29 is 14.3 Å². The molecule has 4 nitrogen and oxygen atoms in total. The maximum absolute atomic E-state index is 11.7. The van der Waals surface area contributed by atoms with Crippen LogP contribution in [0.4, 0.5) is 5.69 Å². The summed E-state index contributed by atoms with van der Waals surface area (Å²) in [5, 5.41) is 0.586. The van der Waals surface area contributed by atoms with Crippen molar-refractivity contribution in [3.05, 3.63) is 58.6 Å². The molecule has 0 unspecified atom stereocenters. The van der Waals surface area contributed by atoms with E-state index < -0.39 is 5.97 Å². The summed E-state index contributed by atoms with van der Waals surface area (Å²) in [5.41, 5.74) is 7.17. The standard InChI is InChI=1S/C15H14ClNO3/c1-19-15(18)14-10(4-2-7-13(14)17)9-20-12-6-3-5-11(16)8-12/h2-8H,9,17H2,1H3. The van der Waals surface area contributed by atoms with E-state index in [1.165, 1.54) is 7.11 Å². The number of carbonyl (C=O) groups is 1. The van der Waals surface area contributed by atoms with Crippen molar-refractivity contribution in [1.82, 2.24) is 0 Å². The molecule has 0 saturated heterocycles. The molecule has 2 aromatic carbocycles. The second-order valence-electron chi connectivity index (χ2n) is 4.12. The van der Waals surface area contributed by atoms with Crippen molar-refractivity contribution in [2.45, 2.75) is 6.61 Å². The molecule has 0 fully saturated rings. The molecule has 0 spiro atoms. The highest BCUT2D eigenvalue weighted by Crippen LogP contribution is 2.22. The molecular formula is C15H14ClNO3. The fraction of sp³-hybridized carbons (Fsp3) is 0.133. The Morgan fingerprint density at radius 2 is 2.00 bits per heavy atom. The van der Waals surface area contributed by atoms with Crippen LogP contribution in [0.25, 0.3) is 0 Å². The van der Waals surface area contributed by atoms with E-state index in [2.05, 4.69) is 0 Å². The molecule has 2 rings (SSSR count). The monoisotopic (exact) mass is 291 g/mol. The van der Waals surface area contributed by atoms with Gasteiger partial charge in [-0.2, -0.15) is 0 Å². The number of rotatable bonds is 4. The van der Waals surface area contributed by atoms with Crippen LogP contribution in [0.15, 0.2) is 42.5 Å².